The van der Waals surface area contributed by atoms with Gasteiger partial charge in [0.2, 0.25) is 0 Å². The van der Waals surface area contributed by atoms with E-state index in [0.717, 1.165) is 66.8 Å². The summed E-state index contributed by atoms with van der Waals surface area (Å²) in [7, 11) is 0. The molecule has 0 atom stereocenters. The van der Waals surface area contributed by atoms with Crippen LogP contribution in [0.2, 0.25) is 0 Å². The van der Waals surface area contributed by atoms with E-state index in [0.29, 0.717) is 11.4 Å². The smallest absolute Gasteiger partial charge is 0.148 e. The first-order chi connectivity index (χ1) is 29.3. The summed E-state index contributed by atoms with van der Waals surface area (Å²) in [5, 5.41) is 14.9. The van der Waals surface area contributed by atoms with Crippen molar-refractivity contribution in [2.45, 2.75) is 97.8 Å². The topological polar surface area (TPSA) is 55.9 Å². The van der Waals surface area contributed by atoms with Gasteiger partial charge in [0.1, 0.15) is 17.2 Å². The first-order valence-electron chi connectivity index (χ1n) is 21.9. The van der Waals surface area contributed by atoms with Crippen LogP contribution in [-0.4, -0.2) is 24.2 Å². The van der Waals surface area contributed by atoms with Gasteiger partial charge in [0.05, 0.1) is 27.8 Å². The van der Waals surface area contributed by atoms with Gasteiger partial charge in [0, 0.05) is 48.5 Å². The van der Waals surface area contributed by atoms with Gasteiger partial charge in [-0.1, -0.05) is 160 Å². The van der Waals surface area contributed by atoms with E-state index in [1.54, 1.807) is 0 Å². The molecule has 0 saturated heterocycles. The predicted molar refractivity (Wildman–Crippen MR) is 258 cm³/mol. The predicted octanol–water partition coefficient (Wildman–Crippen LogP) is 14.6. The van der Waals surface area contributed by atoms with E-state index in [1.807, 2.05) is 12.3 Å². The monoisotopic (exact) mass is 917 g/mol. The SMILES string of the molecule is CC(C)(C)c1ccc(-n2c(-c3cc(C(C)(C)C)cc(C(C)(C)C)c3O)nc3c(-c4[c-]c5c(cc4)C(C)(C)c4cccc6c7cccnc7n-5c46)cccc32)c(-c2ccccc2)c1.[Pd]. The van der Waals surface area contributed by atoms with Gasteiger partial charge in [0.15, 0.2) is 0 Å². The normalized spacial score (nSPS) is 13.7. The second-order valence-corrected chi connectivity index (χ2v) is 20.9. The Balaban J connectivity index is 0.00000504. The Labute approximate surface area is 385 Å². The minimum atomic E-state index is -0.320. The van der Waals surface area contributed by atoms with E-state index in [4.69, 9.17) is 9.97 Å². The van der Waals surface area contributed by atoms with Crippen molar-refractivity contribution in [2.24, 2.45) is 0 Å². The molecule has 0 amide bonds. The van der Waals surface area contributed by atoms with Crippen molar-refractivity contribution in [1.82, 2.24) is 19.1 Å². The first kappa shape index (κ1) is 42.5. The second-order valence-electron chi connectivity index (χ2n) is 20.9. The number of hydrogen-bond acceptors (Lipinski definition) is 3. The molecule has 1 aliphatic heterocycles. The summed E-state index contributed by atoms with van der Waals surface area (Å²) in [6, 6.07) is 47.6. The van der Waals surface area contributed by atoms with E-state index in [2.05, 4.69) is 207 Å². The number of phenolic OH excluding ortho intramolecular Hbond substituents is 1. The van der Waals surface area contributed by atoms with Gasteiger partial charge in [-0.15, -0.1) is 23.8 Å². The Morgan fingerprint density at radius 1 is 0.603 bits per heavy atom. The van der Waals surface area contributed by atoms with Crippen LogP contribution in [-0.2, 0) is 42.1 Å². The van der Waals surface area contributed by atoms with Crippen LogP contribution in [0.5, 0.6) is 5.75 Å². The fourth-order valence-corrected chi connectivity index (χ4v) is 9.68. The Bertz CT molecular complexity index is 3270. The molecule has 320 valence electrons. The molecule has 10 rings (SSSR count). The summed E-state index contributed by atoms with van der Waals surface area (Å²) in [6.07, 6.45) is 1.88. The number of rotatable bonds is 4. The fourth-order valence-electron chi connectivity index (χ4n) is 9.68. The number of fused-ring (bicyclic) bond motifs is 6. The van der Waals surface area contributed by atoms with Gasteiger partial charge in [-0.25, -0.2) is 9.97 Å². The average Bonchev–Trinajstić information content (AvgIpc) is 3.78. The van der Waals surface area contributed by atoms with Crippen LogP contribution in [0.4, 0.5) is 0 Å². The molecule has 3 aromatic heterocycles. The number of phenols is 1. The van der Waals surface area contributed by atoms with Gasteiger partial charge < -0.3 is 9.67 Å². The van der Waals surface area contributed by atoms with E-state index >= 15 is 0 Å². The number of imidazole rings is 1. The maximum atomic E-state index is 12.5. The van der Waals surface area contributed by atoms with Crippen molar-refractivity contribution in [3.05, 3.63) is 161 Å². The Morgan fingerprint density at radius 3 is 2.02 bits per heavy atom. The molecule has 0 spiro atoms. The maximum Gasteiger partial charge on any atom is 0.148 e. The molecule has 0 unspecified atom stereocenters. The Kier molecular flexibility index (Phi) is 9.87. The quantitative estimate of drug-likeness (QED) is 0.141. The molecule has 0 bridgehead atoms. The minimum absolute atomic E-state index is 0. The molecule has 4 heterocycles. The summed E-state index contributed by atoms with van der Waals surface area (Å²) in [5.74, 6) is 0.950. The van der Waals surface area contributed by atoms with Crippen molar-refractivity contribution in [3.8, 4) is 50.8 Å². The number of para-hydroxylation sites is 2. The average molecular weight is 919 g/mol. The van der Waals surface area contributed by atoms with Crippen molar-refractivity contribution < 1.29 is 25.5 Å². The zero-order valence-electron chi connectivity index (χ0n) is 38.2. The summed E-state index contributed by atoms with van der Waals surface area (Å²) in [4.78, 5) is 10.6. The van der Waals surface area contributed by atoms with Crippen LogP contribution < -0.4 is 0 Å². The van der Waals surface area contributed by atoms with Gasteiger partial charge in [-0.2, -0.15) is 0 Å². The summed E-state index contributed by atoms with van der Waals surface area (Å²) < 4.78 is 4.60. The largest absolute Gasteiger partial charge is 0.507 e. The first-order valence-corrected chi connectivity index (χ1v) is 21.9. The molecule has 0 radical (unpaired) electrons. The third-order valence-electron chi connectivity index (χ3n) is 13.2. The number of hydrogen-bond donors (Lipinski definition) is 1. The van der Waals surface area contributed by atoms with Crippen LogP contribution >= 0.6 is 0 Å². The fraction of sp³-hybridized carbons (Fsp3) is 0.263. The number of nitrogens with zero attached hydrogens (tertiary/aromatic N) is 4. The summed E-state index contributed by atoms with van der Waals surface area (Å²) in [6.45, 7) is 24.6. The van der Waals surface area contributed by atoms with Crippen LogP contribution in [0.25, 0.3) is 78.0 Å². The molecule has 0 saturated carbocycles. The molecule has 0 aliphatic carbocycles. The molecular weight excluding hydrogens is 863 g/mol. The van der Waals surface area contributed by atoms with Crippen LogP contribution in [0.1, 0.15) is 104 Å². The van der Waals surface area contributed by atoms with Gasteiger partial charge in [-0.3, -0.25) is 4.57 Å². The number of aromatic hydroxyl groups is 1. The number of benzene rings is 6. The maximum absolute atomic E-state index is 12.5. The number of pyridine rings is 1. The molecule has 6 heteroatoms. The van der Waals surface area contributed by atoms with E-state index in [1.165, 1.54) is 27.6 Å². The van der Waals surface area contributed by atoms with Gasteiger partial charge in [0.25, 0.3) is 0 Å². The van der Waals surface area contributed by atoms with Gasteiger partial charge in [-0.05, 0) is 86.0 Å². The molecule has 5 nitrogen and oxygen atoms in total. The molecule has 0 fully saturated rings. The zero-order valence-corrected chi connectivity index (χ0v) is 39.7. The standard InChI is InChI=1S/C57H55N4O.Pd/c1-54(2,3)36-26-28-46(41(31-36)34-18-13-12-14-19-34)60-47-24-16-20-38(49(47)59-53(60)42-32-37(55(4,5)6)33-45(51(42)62)56(7,8)9)35-25-27-43-48(30-35)61-50-39(40-22-17-29-58-52(40)61)21-15-23-44(50)57(43,10)11;/h12-29,31-33,62H,1-11H3;/q-1;. The summed E-state index contributed by atoms with van der Waals surface area (Å²) >= 11 is 0. The molecular formula is C57H55N4OPd-. The minimum Gasteiger partial charge on any atom is -0.507 e. The van der Waals surface area contributed by atoms with Crippen molar-refractivity contribution in [2.75, 3.05) is 0 Å². The zero-order chi connectivity index (χ0) is 43.7. The van der Waals surface area contributed by atoms with Gasteiger partial charge >= 0.3 is 0 Å². The molecule has 1 N–H and O–H groups in total. The van der Waals surface area contributed by atoms with Crippen molar-refractivity contribution in [3.63, 3.8) is 0 Å². The van der Waals surface area contributed by atoms with E-state index in [9.17, 15) is 5.11 Å². The Morgan fingerprint density at radius 2 is 1.30 bits per heavy atom. The summed E-state index contributed by atoms with van der Waals surface area (Å²) in [5.41, 5.74) is 15.7. The van der Waals surface area contributed by atoms with Crippen LogP contribution in [0, 0.1) is 6.07 Å². The molecule has 63 heavy (non-hydrogen) atoms. The van der Waals surface area contributed by atoms with Crippen molar-refractivity contribution >= 4 is 33.0 Å². The Hall–Kier alpha value is -5.80. The number of aromatic nitrogens is 4. The molecule has 6 aromatic carbocycles. The second kappa shape index (κ2) is 14.6. The van der Waals surface area contributed by atoms with E-state index < -0.39 is 0 Å². The van der Waals surface area contributed by atoms with Crippen LogP contribution in [0.15, 0.2) is 128 Å². The third-order valence-corrected chi connectivity index (χ3v) is 13.2. The third kappa shape index (κ3) is 6.68. The van der Waals surface area contributed by atoms with Crippen LogP contribution in [0.3, 0.4) is 0 Å². The molecule has 9 aromatic rings. The molecule has 1 aliphatic rings. The van der Waals surface area contributed by atoms with Crippen molar-refractivity contribution in [1.29, 1.82) is 0 Å². The van der Waals surface area contributed by atoms with E-state index in [-0.39, 0.29) is 47.8 Å².